The summed E-state index contributed by atoms with van der Waals surface area (Å²) < 4.78 is 27.9. The van der Waals surface area contributed by atoms with E-state index in [-0.39, 0.29) is 15.4 Å². The average molecular weight is 449 g/mol. The first-order chi connectivity index (χ1) is 13.6. The Bertz CT molecular complexity index is 1110. The first-order valence-electron chi connectivity index (χ1n) is 8.65. The van der Waals surface area contributed by atoms with E-state index in [0.29, 0.717) is 5.69 Å². The van der Waals surface area contributed by atoms with Gasteiger partial charge in [-0.2, -0.15) is 8.42 Å². The van der Waals surface area contributed by atoms with Crippen molar-refractivity contribution in [2.45, 2.75) is 34.9 Å². The molecule has 7 nitrogen and oxygen atoms in total. The fourth-order valence-corrected chi connectivity index (χ4v) is 5.06. The van der Waals surface area contributed by atoms with E-state index in [1.54, 1.807) is 32.9 Å². The summed E-state index contributed by atoms with van der Waals surface area (Å²) in [5.41, 5.74) is -0.187. The van der Waals surface area contributed by atoms with Crippen LogP contribution in [0.2, 0.25) is 0 Å². The SMILES string of the molecule is CC(C)(C)C(=O)Nc1nnc(S(=O)(=O)Nc2ccccc2Sc2ccccc2)s1. The number of para-hydroxylation sites is 1. The Balaban J connectivity index is 1.79. The van der Waals surface area contributed by atoms with Crippen LogP contribution in [-0.2, 0) is 14.8 Å². The third-order valence-corrected chi connectivity index (χ3v) is 7.30. The summed E-state index contributed by atoms with van der Waals surface area (Å²) in [7, 11) is -3.95. The van der Waals surface area contributed by atoms with Crippen LogP contribution in [0.4, 0.5) is 10.8 Å². The molecule has 29 heavy (non-hydrogen) atoms. The lowest BCUT2D eigenvalue weighted by atomic mass is 9.96. The molecule has 0 aliphatic carbocycles. The first-order valence-corrected chi connectivity index (χ1v) is 11.8. The van der Waals surface area contributed by atoms with Crippen molar-refractivity contribution >= 4 is 49.8 Å². The van der Waals surface area contributed by atoms with Gasteiger partial charge in [-0.05, 0) is 24.3 Å². The number of carbonyl (C=O) groups excluding carboxylic acids is 1. The quantitative estimate of drug-likeness (QED) is 0.540. The largest absolute Gasteiger partial charge is 0.300 e. The molecule has 0 atom stereocenters. The number of nitrogens with one attached hydrogen (secondary N) is 2. The smallest absolute Gasteiger partial charge is 0.291 e. The van der Waals surface area contributed by atoms with Gasteiger partial charge in [0.15, 0.2) is 0 Å². The number of nitrogens with zero attached hydrogens (tertiary/aromatic N) is 2. The highest BCUT2D eigenvalue weighted by Gasteiger charge is 2.25. The maximum absolute atomic E-state index is 12.8. The molecule has 0 unspecified atom stereocenters. The fraction of sp³-hybridized carbons (Fsp3) is 0.211. The van der Waals surface area contributed by atoms with Crippen LogP contribution in [0.5, 0.6) is 0 Å². The van der Waals surface area contributed by atoms with E-state index >= 15 is 0 Å². The molecule has 0 spiro atoms. The first kappa shape index (κ1) is 21.3. The fourth-order valence-electron chi connectivity index (χ4n) is 2.10. The molecule has 152 valence electrons. The second kappa shape index (κ2) is 8.52. The summed E-state index contributed by atoms with van der Waals surface area (Å²) >= 11 is 2.25. The van der Waals surface area contributed by atoms with Crippen LogP contribution in [-0.4, -0.2) is 24.5 Å². The van der Waals surface area contributed by atoms with Crippen LogP contribution in [0.3, 0.4) is 0 Å². The summed E-state index contributed by atoms with van der Waals surface area (Å²) in [6.45, 7) is 5.26. The van der Waals surface area contributed by atoms with E-state index in [0.717, 1.165) is 21.1 Å². The monoisotopic (exact) mass is 448 g/mol. The second-order valence-corrected chi connectivity index (χ2v) is 11.0. The molecular formula is C19H20N4O3S3. The zero-order valence-electron chi connectivity index (χ0n) is 16.0. The van der Waals surface area contributed by atoms with Gasteiger partial charge in [0.1, 0.15) is 0 Å². The molecule has 3 rings (SSSR count). The Morgan fingerprint density at radius 2 is 1.66 bits per heavy atom. The van der Waals surface area contributed by atoms with Crippen LogP contribution < -0.4 is 10.0 Å². The zero-order chi connectivity index (χ0) is 21.1. The van der Waals surface area contributed by atoms with Gasteiger partial charge < -0.3 is 5.32 Å². The van der Waals surface area contributed by atoms with Gasteiger partial charge in [-0.25, -0.2) is 0 Å². The highest BCUT2D eigenvalue weighted by Crippen LogP contribution is 2.34. The van der Waals surface area contributed by atoms with E-state index in [2.05, 4.69) is 20.2 Å². The van der Waals surface area contributed by atoms with Crippen LogP contribution in [0.15, 0.2) is 68.7 Å². The molecule has 0 saturated carbocycles. The minimum Gasteiger partial charge on any atom is -0.300 e. The number of hydrogen-bond acceptors (Lipinski definition) is 7. The van der Waals surface area contributed by atoms with Crippen molar-refractivity contribution in [3.63, 3.8) is 0 Å². The Kier molecular flexibility index (Phi) is 6.25. The summed E-state index contributed by atoms with van der Waals surface area (Å²) in [6.07, 6.45) is 0. The molecule has 1 amide bonds. The number of sulfonamides is 1. The van der Waals surface area contributed by atoms with Crippen molar-refractivity contribution < 1.29 is 13.2 Å². The maximum Gasteiger partial charge on any atom is 0.291 e. The summed E-state index contributed by atoms with van der Waals surface area (Å²) in [4.78, 5) is 13.8. The molecule has 0 saturated heterocycles. The Labute approximate surface area is 178 Å². The lowest BCUT2D eigenvalue weighted by molar-refractivity contribution is -0.123. The van der Waals surface area contributed by atoms with Gasteiger partial charge in [-0.1, -0.05) is 74.2 Å². The number of aromatic nitrogens is 2. The molecule has 3 aromatic rings. The summed E-state index contributed by atoms with van der Waals surface area (Å²) in [5, 5.41) is 10.2. The highest BCUT2D eigenvalue weighted by molar-refractivity contribution is 7.99. The van der Waals surface area contributed by atoms with Gasteiger partial charge in [-0.15, -0.1) is 10.2 Å². The van der Waals surface area contributed by atoms with E-state index in [9.17, 15) is 13.2 Å². The molecule has 0 radical (unpaired) electrons. The molecule has 0 bridgehead atoms. The molecular weight excluding hydrogens is 428 g/mol. The van der Waals surface area contributed by atoms with E-state index in [1.807, 2.05) is 42.5 Å². The Morgan fingerprint density at radius 3 is 2.34 bits per heavy atom. The van der Waals surface area contributed by atoms with Gasteiger partial charge in [0.05, 0.1) is 5.69 Å². The van der Waals surface area contributed by atoms with Crippen LogP contribution in [0, 0.1) is 5.41 Å². The normalized spacial score (nSPS) is 11.8. The van der Waals surface area contributed by atoms with Gasteiger partial charge in [0, 0.05) is 15.2 Å². The summed E-state index contributed by atoms with van der Waals surface area (Å²) in [5.74, 6) is -0.268. The number of rotatable bonds is 6. The van der Waals surface area contributed by atoms with Crippen LogP contribution >= 0.6 is 23.1 Å². The van der Waals surface area contributed by atoms with Crippen molar-refractivity contribution in [2.75, 3.05) is 10.0 Å². The minimum absolute atomic E-state index is 0.136. The number of anilines is 2. The summed E-state index contributed by atoms with van der Waals surface area (Å²) in [6, 6.07) is 16.8. The molecule has 2 aromatic carbocycles. The van der Waals surface area contributed by atoms with Crippen molar-refractivity contribution in [1.29, 1.82) is 0 Å². The van der Waals surface area contributed by atoms with Crippen LogP contribution in [0.25, 0.3) is 0 Å². The predicted molar refractivity (Wildman–Crippen MR) is 116 cm³/mol. The zero-order valence-corrected chi connectivity index (χ0v) is 18.5. The van der Waals surface area contributed by atoms with Gasteiger partial charge in [0.2, 0.25) is 11.0 Å². The molecule has 10 heteroatoms. The van der Waals surface area contributed by atoms with Crippen molar-refractivity contribution in [2.24, 2.45) is 5.41 Å². The third-order valence-electron chi connectivity index (χ3n) is 3.64. The standard InChI is InChI=1S/C19H20N4O3S3/c1-19(2,3)16(24)20-17-21-22-18(28-17)29(25,26)23-14-11-7-8-12-15(14)27-13-9-5-4-6-10-13/h4-12,23H,1-3H3,(H,20,21,24). The third kappa shape index (κ3) is 5.55. The lowest BCUT2D eigenvalue weighted by Crippen LogP contribution is -2.27. The van der Waals surface area contributed by atoms with Gasteiger partial charge in [0.25, 0.3) is 14.4 Å². The minimum atomic E-state index is -3.95. The van der Waals surface area contributed by atoms with E-state index in [4.69, 9.17) is 0 Å². The number of carbonyl (C=O) groups is 1. The average Bonchev–Trinajstić information content (AvgIpc) is 3.13. The molecule has 0 aliphatic heterocycles. The van der Waals surface area contributed by atoms with E-state index < -0.39 is 15.4 Å². The van der Waals surface area contributed by atoms with Gasteiger partial charge >= 0.3 is 0 Å². The molecule has 0 aliphatic rings. The highest BCUT2D eigenvalue weighted by atomic mass is 32.2. The Hall–Kier alpha value is -2.43. The van der Waals surface area contributed by atoms with Crippen molar-refractivity contribution in [3.05, 3.63) is 54.6 Å². The van der Waals surface area contributed by atoms with Crippen LogP contribution in [0.1, 0.15) is 20.8 Å². The molecule has 0 fully saturated rings. The Morgan fingerprint density at radius 1 is 1.00 bits per heavy atom. The van der Waals surface area contributed by atoms with E-state index in [1.165, 1.54) is 11.8 Å². The maximum atomic E-state index is 12.8. The second-order valence-electron chi connectivity index (χ2n) is 7.09. The molecule has 1 aromatic heterocycles. The topological polar surface area (TPSA) is 101 Å². The van der Waals surface area contributed by atoms with Crippen molar-refractivity contribution in [3.8, 4) is 0 Å². The number of benzene rings is 2. The number of hydrogen-bond donors (Lipinski definition) is 2. The molecule has 1 heterocycles. The number of amides is 1. The predicted octanol–water partition coefficient (Wildman–Crippen LogP) is 4.47. The molecule has 2 N–H and O–H groups in total. The lowest BCUT2D eigenvalue weighted by Gasteiger charge is -2.15. The van der Waals surface area contributed by atoms with Crippen molar-refractivity contribution in [1.82, 2.24) is 10.2 Å². The van der Waals surface area contributed by atoms with Gasteiger partial charge in [-0.3, -0.25) is 9.52 Å².